The first-order valence-corrected chi connectivity index (χ1v) is 5.94. The van der Waals surface area contributed by atoms with Crippen LogP contribution in [0, 0.1) is 6.92 Å². The number of fused-ring (bicyclic) bond motifs is 1. The van der Waals surface area contributed by atoms with E-state index in [0.717, 1.165) is 0 Å². The van der Waals surface area contributed by atoms with E-state index in [9.17, 15) is 14.4 Å². The van der Waals surface area contributed by atoms with Crippen molar-refractivity contribution in [3.63, 3.8) is 0 Å². The highest BCUT2D eigenvalue weighted by molar-refractivity contribution is 5.92. The number of carbonyl (C=O) groups excluding carboxylic acids is 1. The Bertz CT molecular complexity index is 814. The van der Waals surface area contributed by atoms with Crippen LogP contribution in [-0.4, -0.2) is 15.6 Å². The van der Waals surface area contributed by atoms with Crippen LogP contribution in [0.3, 0.4) is 0 Å². The number of aryl methyl sites for hydroxylation is 1. The summed E-state index contributed by atoms with van der Waals surface area (Å²) in [5.41, 5.74) is -0.916. The number of nitrogens with zero attached hydrogens (tertiary/aromatic N) is 1. The molecule has 0 spiro atoms. The Kier molecular flexibility index (Phi) is 2.53. The molecule has 104 valence electrons. The fourth-order valence-electron chi connectivity index (χ4n) is 2.23. The molecule has 2 aromatic heterocycles. The lowest BCUT2D eigenvalue weighted by Crippen LogP contribution is -2.46. The highest BCUT2D eigenvalue weighted by Gasteiger charge is 2.32. The molecule has 3 N–H and O–H groups in total. The van der Waals surface area contributed by atoms with E-state index >= 15 is 0 Å². The van der Waals surface area contributed by atoms with Gasteiger partial charge < -0.3 is 9.73 Å². The lowest BCUT2D eigenvalue weighted by molar-refractivity contribution is 0.246. The molecule has 0 saturated heterocycles. The predicted octanol–water partition coefficient (Wildman–Crippen LogP) is 0.200. The van der Waals surface area contributed by atoms with E-state index in [1.165, 1.54) is 11.6 Å². The number of carbonyl (C=O) groups is 1. The molecule has 3 heterocycles. The Balaban J connectivity index is 2.27. The number of aromatic nitrogens is 2. The van der Waals surface area contributed by atoms with Gasteiger partial charge in [-0.05, 0) is 19.1 Å². The van der Waals surface area contributed by atoms with Crippen LogP contribution in [0.15, 0.2) is 26.1 Å². The third kappa shape index (κ3) is 1.73. The molecule has 1 aliphatic heterocycles. The van der Waals surface area contributed by atoms with Gasteiger partial charge in [-0.1, -0.05) is 0 Å². The molecule has 0 radical (unpaired) electrons. The maximum Gasteiger partial charge on any atom is 0.329 e. The van der Waals surface area contributed by atoms with E-state index in [4.69, 9.17) is 4.42 Å². The second-order valence-electron chi connectivity index (χ2n) is 4.56. The Labute approximate surface area is 112 Å². The van der Waals surface area contributed by atoms with Crippen LogP contribution in [0.1, 0.15) is 23.1 Å². The van der Waals surface area contributed by atoms with E-state index < -0.39 is 23.3 Å². The zero-order valence-electron chi connectivity index (χ0n) is 10.8. The summed E-state index contributed by atoms with van der Waals surface area (Å²) in [5, 5.41) is 5.08. The standard InChI is InChI=1S/C12H12N4O4/c1-5-3-4-6(20-5)8-7-9(14-11(18)13-8)16(2)12(19)15-10(7)17/h3-4,8H,1-2H3,(H2,13,14,18)(H,15,17,19)/t8-/m0/s1. The zero-order chi connectivity index (χ0) is 14.4. The highest BCUT2D eigenvalue weighted by atomic mass is 16.3. The lowest BCUT2D eigenvalue weighted by Gasteiger charge is -2.26. The largest absolute Gasteiger partial charge is 0.464 e. The van der Waals surface area contributed by atoms with Gasteiger partial charge in [0, 0.05) is 7.05 Å². The second kappa shape index (κ2) is 4.12. The van der Waals surface area contributed by atoms with Gasteiger partial charge in [0.25, 0.3) is 5.56 Å². The minimum atomic E-state index is -0.733. The summed E-state index contributed by atoms with van der Waals surface area (Å²) in [6, 6.07) is 2.18. The topological polar surface area (TPSA) is 109 Å². The molecular weight excluding hydrogens is 264 g/mol. The van der Waals surface area contributed by atoms with Gasteiger partial charge in [0.1, 0.15) is 23.4 Å². The SMILES string of the molecule is Cc1ccc([C@@H]2NC(=O)Nc3c2c(=O)[nH]c(=O)n3C)o1. The van der Waals surface area contributed by atoms with Crippen LogP contribution in [0.5, 0.6) is 0 Å². The minimum absolute atomic E-state index is 0.168. The summed E-state index contributed by atoms with van der Waals surface area (Å²) in [4.78, 5) is 37.5. The number of urea groups is 1. The smallest absolute Gasteiger partial charge is 0.329 e. The molecule has 8 heteroatoms. The monoisotopic (exact) mass is 276 g/mol. The third-order valence-corrected chi connectivity index (χ3v) is 3.20. The molecule has 20 heavy (non-hydrogen) atoms. The van der Waals surface area contributed by atoms with E-state index in [2.05, 4.69) is 15.6 Å². The first-order chi connectivity index (χ1) is 9.47. The van der Waals surface area contributed by atoms with Gasteiger partial charge in [-0.3, -0.25) is 19.7 Å². The van der Waals surface area contributed by atoms with Crippen molar-refractivity contribution in [2.24, 2.45) is 7.05 Å². The Hall–Kier alpha value is -2.77. The summed E-state index contributed by atoms with van der Waals surface area (Å²) < 4.78 is 6.65. The Morgan fingerprint density at radius 3 is 2.65 bits per heavy atom. The van der Waals surface area contributed by atoms with Crippen LogP contribution in [0.4, 0.5) is 10.6 Å². The minimum Gasteiger partial charge on any atom is -0.464 e. The maximum atomic E-state index is 12.0. The molecule has 0 unspecified atom stereocenters. The number of hydrogen-bond donors (Lipinski definition) is 3. The van der Waals surface area contributed by atoms with Gasteiger partial charge in [0.15, 0.2) is 0 Å². The number of hydrogen-bond acceptors (Lipinski definition) is 4. The quantitative estimate of drug-likeness (QED) is 0.691. The highest BCUT2D eigenvalue weighted by Crippen LogP contribution is 2.28. The van der Waals surface area contributed by atoms with E-state index in [-0.39, 0.29) is 11.4 Å². The van der Waals surface area contributed by atoms with Crippen molar-refractivity contribution >= 4 is 11.8 Å². The number of aromatic amines is 1. The fraction of sp³-hybridized carbons (Fsp3) is 0.250. The van der Waals surface area contributed by atoms with Crippen molar-refractivity contribution in [2.75, 3.05) is 5.32 Å². The van der Waals surface area contributed by atoms with E-state index in [0.29, 0.717) is 11.5 Å². The van der Waals surface area contributed by atoms with Gasteiger partial charge in [-0.25, -0.2) is 9.59 Å². The first-order valence-electron chi connectivity index (χ1n) is 5.94. The van der Waals surface area contributed by atoms with Crippen molar-refractivity contribution in [1.82, 2.24) is 14.9 Å². The van der Waals surface area contributed by atoms with Crippen LogP contribution in [0.2, 0.25) is 0 Å². The molecule has 2 amide bonds. The summed E-state index contributed by atoms with van der Waals surface area (Å²) in [6.07, 6.45) is 0. The predicted molar refractivity (Wildman–Crippen MR) is 69.7 cm³/mol. The number of H-pyrrole nitrogens is 1. The van der Waals surface area contributed by atoms with E-state index in [1.54, 1.807) is 19.1 Å². The lowest BCUT2D eigenvalue weighted by atomic mass is 10.1. The van der Waals surface area contributed by atoms with Crippen molar-refractivity contribution in [1.29, 1.82) is 0 Å². The van der Waals surface area contributed by atoms with Gasteiger partial charge in [-0.15, -0.1) is 0 Å². The fourth-order valence-corrected chi connectivity index (χ4v) is 2.23. The maximum absolute atomic E-state index is 12.0. The van der Waals surface area contributed by atoms with Crippen molar-refractivity contribution in [2.45, 2.75) is 13.0 Å². The molecule has 3 rings (SSSR count). The Morgan fingerprint density at radius 1 is 1.25 bits per heavy atom. The molecule has 8 nitrogen and oxygen atoms in total. The number of rotatable bonds is 1. The van der Waals surface area contributed by atoms with Crippen molar-refractivity contribution < 1.29 is 9.21 Å². The molecule has 1 aliphatic rings. The van der Waals surface area contributed by atoms with Gasteiger partial charge in [0.2, 0.25) is 0 Å². The van der Waals surface area contributed by atoms with Gasteiger partial charge >= 0.3 is 11.7 Å². The normalized spacial score (nSPS) is 17.3. The van der Waals surface area contributed by atoms with Crippen LogP contribution >= 0.6 is 0 Å². The molecule has 0 saturated carbocycles. The second-order valence-corrected chi connectivity index (χ2v) is 4.56. The average molecular weight is 276 g/mol. The molecule has 1 atom stereocenters. The molecular formula is C12H12N4O4. The summed E-state index contributed by atoms with van der Waals surface area (Å²) >= 11 is 0. The molecule has 0 aromatic carbocycles. The number of nitrogens with one attached hydrogen (secondary N) is 3. The molecule has 0 bridgehead atoms. The van der Waals surface area contributed by atoms with Crippen molar-refractivity contribution in [3.8, 4) is 0 Å². The third-order valence-electron chi connectivity index (χ3n) is 3.20. The van der Waals surface area contributed by atoms with Gasteiger partial charge in [-0.2, -0.15) is 0 Å². The van der Waals surface area contributed by atoms with Crippen molar-refractivity contribution in [3.05, 3.63) is 50.1 Å². The average Bonchev–Trinajstić information content (AvgIpc) is 2.81. The Morgan fingerprint density at radius 2 is 2.00 bits per heavy atom. The summed E-state index contributed by atoms with van der Waals surface area (Å²) in [6.45, 7) is 1.76. The molecule has 0 fully saturated rings. The zero-order valence-corrected chi connectivity index (χ0v) is 10.8. The summed E-state index contributed by atoms with van der Waals surface area (Å²) in [5.74, 6) is 1.26. The summed E-state index contributed by atoms with van der Waals surface area (Å²) in [7, 11) is 1.47. The molecule has 2 aromatic rings. The van der Waals surface area contributed by atoms with Crippen LogP contribution in [-0.2, 0) is 7.05 Å². The van der Waals surface area contributed by atoms with E-state index in [1.807, 2.05) is 0 Å². The van der Waals surface area contributed by atoms with Crippen LogP contribution in [0.25, 0.3) is 0 Å². The number of anilines is 1. The number of furan rings is 1. The molecule has 0 aliphatic carbocycles. The number of amides is 2. The first kappa shape index (κ1) is 12.3. The van der Waals surface area contributed by atoms with Crippen LogP contribution < -0.4 is 21.9 Å². The van der Waals surface area contributed by atoms with Gasteiger partial charge in [0.05, 0.1) is 5.56 Å².